The van der Waals surface area contributed by atoms with Gasteiger partial charge in [-0.2, -0.15) is 10.2 Å². The number of anilines is 2. The Bertz CT molecular complexity index is 877. The zero-order valence-electron chi connectivity index (χ0n) is 19.0. The van der Waals surface area contributed by atoms with Gasteiger partial charge in [0.2, 0.25) is 0 Å². The quantitative estimate of drug-likeness (QED) is 0.334. The average Bonchev–Trinajstić information content (AvgIpc) is 2.78. The molecule has 0 aliphatic rings. The molecule has 9 nitrogen and oxygen atoms in total. The predicted octanol–water partition coefficient (Wildman–Crippen LogP) is 3.46. The summed E-state index contributed by atoms with van der Waals surface area (Å²) in [6.07, 6.45) is 2.70. The summed E-state index contributed by atoms with van der Waals surface area (Å²) in [7, 11) is 0. The van der Waals surface area contributed by atoms with Crippen LogP contribution in [-0.2, 0) is 0 Å². The van der Waals surface area contributed by atoms with Crippen LogP contribution in [0.2, 0.25) is 0 Å². The molecule has 0 aliphatic carbocycles. The van der Waals surface area contributed by atoms with Crippen LogP contribution in [0, 0.1) is 0 Å². The molecule has 2 rings (SSSR count). The van der Waals surface area contributed by atoms with Gasteiger partial charge in [0.05, 0.1) is 12.4 Å². The van der Waals surface area contributed by atoms with E-state index in [2.05, 4.69) is 30.9 Å². The number of benzene rings is 2. The fraction of sp³-hybridized carbons (Fsp3) is 0.348. The first-order valence-electron chi connectivity index (χ1n) is 10.7. The van der Waals surface area contributed by atoms with Crippen molar-refractivity contribution in [2.45, 2.75) is 27.7 Å². The van der Waals surface area contributed by atoms with Gasteiger partial charge in [-0.05, 0) is 52.0 Å². The number of hydrogen-bond donors (Lipinski definition) is 4. The van der Waals surface area contributed by atoms with Gasteiger partial charge in [0.25, 0.3) is 0 Å². The number of nitrogens with one attached hydrogen (secondary N) is 2. The van der Waals surface area contributed by atoms with Crippen molar-refractivity contribution >= 4 is 29.8 Å². The molecule has 0 unspecified atom stereocenters. The Morgan fingerprint density at radius 3 is 1.47 bits per heavy atom. The number of hydrazone groups is 2. The minimum absolute atomic E-state index is 0.0713. The van der Waals surface area contributed by atoms with Gasteiger partial charge in [-0.3, -0.25) is 0 Å². The number of phenolic OH excluding ortho intramolecular Hbond substituents is 2. The highest BCUT2D eigenvalue weighted by Gasteiger charge is 2.07. The van der Waals surface area contributed by atoms with Gasteiger partial charge in [0.15, 0.2) is 0 Å². The zero-order chi connectivity index (χ0) is 23.5. The number of nitrogens with zero attached hydrogens (tertiary/aromatic N) is 4. The number of amides is 2. The lowest BCUT2D eigenvalue weighted by atomic mass is 10.2. The van der Waals surface area contributed by atoms with Crippen molar-refractivity contribution in [3.8, 4) is 11.5 Å². The number of urea groups is 1. The molecule has 172 valence electrons. The highest BCUT2D eigenvalue weighted by molar-refractivity contribution is 5.87. The zero-order valence-corrected chi connectivity index (χ0v) is 19.0. The second-order valence-electron chi connectivity index (χ2n) is 6.90. The van der Waals surface area contributed by atoms with Crippen molar-refractivity contribution in [3.05, 3.63) is 47.5 Å². The van der Waals surface area contributed by atoms with Gasteiger partial charge in [-0.15, -0.1) is 0 Å². The molecule has 0 saturated heterocycles. The summed E-state index contributed by atoms with van der Waals surface area (Å²) in [6, 6.07) is 9.90. The highest BCUT2D eigenvalue weighted by Crippen LogP contribution is 2.24. The Morgan fingerprint density at radius 2 is 1.16 bits per heavy atom. The minimum atomic E-state index is -0.656. The second-order valence-corrected chi connectivity index (χ2v) is 6.90. The summed E-state index contributed by atoms with van der Waals surface area (Å²) in [4.78, 5) is 16.1. The third-order valence-electron chi connectivity index (χ3n) is 5.02. The number of carbonyl (C=O) groups is 1. The molecule has 0 aliphatic heterocycles. The summed E-state index contributed by atoms with van der Waals surface area (Å²) in [6.45, 7) is 11.5. The Balaban J connectivity index is 1.91. The Morgan fingerprint density at radius 1 is 0.781 bits per heavy atom. The van der Waals surface area contributed by atoms with Gasteiger partial charge < -0.3 is 20.0 Å². The molecular formula is C23H32N6O3. The monoisotopic (exact) mass is 440 g/mol. The standard InChI is InChI=1S/C23H32N6O3/c1-5-28(6-2)19-11-9-17(21(30)13-19)15-24-26-23(32)27-25-16-18-10-12-20(14-22(18)31)29(7-3)8-4/h9-16,30-31H,5-8H2,1-4H3,(H2,26,27,32)/b24-15+,25-16+. The summed E-state index contributed by atoms with van der Waals surface area (Å²) in [5, 5.41) is 28.0. The summed E-state index contributed by atoms with van der Waals surface area (Å²) in [5.41, 5.74) is 7.33. The molecule has 2 aromatic rings. The normalized spacial score (nSPS) is 11.1. The first-order valence-corrected chi connectivity index (χ1v) is 10.7. The Kier molecular flexibility index (Phi) is 9.34. The Labute approximate surface area is 189 Å². The van der Waals surface area contributed by atoms with Crippen LogP contribution in [0.5, 0.6) is 11.5 Å². The van der Waals surface area contributed by atoms with Crippen molar-refractivity contribution in [2.75, 3.05) is 36.0 Å². The maximum Gasteiger partial charge on any atom is 0.355 e. The lowest BCUT2D eigenvalue weighted by molar-refractivity contribution is 0.242. The largest absolute Gasteiger partial charge is 0.507 e. The fourth-order valence-corrected chi connectivity index (χ4v) is 3.20. The molecule has 0 spiro atoms. The van der Waals surface area contributed by atoms with E-state index < -0.39 is 6.03 Å². The number of rotatable bonds is 10. The van der Waals surface area contributed by atoms with E-state index in [4.69, 9.17) is 0 Å². The lowest BCUT2D eigenvalue weighted by Crippen LogP contribution is -2.28. The number of aromatic hydroxyl groups is 2. The first kappa shape index (κ1) is 24.5. The van der Waals surface area contributed by atoms with Crippen molar-refractivity contribution < 1.29 is 15.0 Å². The molecule has 0 aromatic heterocycles. The lowest BCUT2D eigenvalue weighted by Gasteiger charge is -2.21. The van der Waals surface area contributed by atoms with Crippen LogP contribution in [0.4, 0.5) is 16.2 Å². The van der Waals surface area contributed by atoms with E-state index in [0.29, 0.717) is 11.1 Å². The minimum Gasteiger partial charge on any atom is -0.507 e. The van der Waals surface area contributed by atoms with Gasteiger partial charge >= 0.3 is 6.03 Å². The topological polar surface area (TPSA) is 113 Å². The van der Waals surface area contributed by atoms with Crippen LogP contribution in [0.3, 0.4) is 0 Å². The maximum atomic E-state index is 11.8. The van der Waals surface area contributed by atoms with Crippen LogP contribution in [0.25, 0.3) is 0 Å². The van der Waals surface area contributed by atoms with E-state index in [1.165, 1.54) is 12.4 Å². The SMILES string of the molecule is CCN(CC)c1ccc(/C=N/NC(=O)N/N=C/c2ccc(N(CC)CC)cc2O)c(O)c1. The van der Waals surface area contributed by atoms with E-state index >= 15 is 0 Å². The third kappa shape index (κ3) is 6.63. The molecule has 0 saturated carbocycles. The summed E-state index contributed by atoms with van der Waals surface area (Å²) >= 11 is 0. The molecule has 0 atom stereocenters. The highest BCUT2D eigenvalue weighted by atomic mass is 16.3. The average molecular weight is 441 g/mol. The van der Waals surface area contributed by atoms with Crippen molar-refractivity contribution in [1.82, 2.24) is 10.9 Å². The van der Waals surface area contributed by atoms with Gasteiger partial charge in [0.1, 0.15) is 11.5 Å². The molecule has 0 radical (unpaired) electrons. The van der Waals surface area contributed by atoms with E-state index in [1.54, 1.807) is 24.3 Å². The van der Waals surface area contributed by atoms with Crippen LogP contribution in [0.15, 0.2) is 46.6 Å². The molecule has 0 heterocycles. The third-order valence-corrected chi connectivity index (χ3v) is 5.02. The van der Waals surface area contributed by atoms with Gasteiger partial charge in [-0.1, -0.05) is 0 Å². The predicted molar refractivity (Wildman–Crippen MR) is 130 cm³/mol. The Hall–Kier alpha value is -3.75. The van der Waals surface area contributed by atoms with E-state index in [1.807, 2.05) is 39.8 Å². The molecule has 9 heteroatoms. The number of carbonyl (C=O) groups excluding carboxylic acids is 1. The molecule has 2 amide bonds. The molecule has 4 N–H and O–H groups in total. The second kappa shape index (κ2) is 12.2. The number of hydrogen-bond acceptors (Lipinski definition) is 7. The van der Waals surface area contributed by atoms with Crippen molar-refractivity contribution in [3.63, 3.8) is 0 Å². The van der Waals surface area contributed by atoms with Crippen LogP contribution >= 0.6 is 0 Å². The van der Waals surface area contributed by atoms with E-state index in [9.17, 15) is 15.0 Å². The number of phenols is 2. The van der Waals surface area contributed by atoms with Gasteiger partial charge in [-0.25, -0.2) is 15.6 Å². The van der Waals surface area contributed by atoms with Crippen molar-refractivity contribution in [2.24, 2.45) is 10.2 Å². The summed E-state index contributed by atoms with van der Waals surface area (Å²) < 4.78 is 0. The van der Waals surface area contributed by atoms with Crippen LogP contribution < -0.4 is 20.7 Å². The molecule has 0 fully saturated rings. The van der Waals surface area contributed by atoms with Gasteiger partial charge in [0, 0.05) is 60.8 Å². The smallest absolute Gasteiger partial charge is 0.355 e. The molecule has 32 heavy (non-hydrogen) atoms. The maximum absolute atomic E-state index is 11.8. The summed E-state index contributed by atoms with van der Waals surface area (Å²) in [5.74, 6) is 0.143. The van der Waals surface area contributed by atoms with Crippen molar-refractivity contribution in [1.29, 1.82) is 0 Å². The van der Waals surface area contributed by atoms with E-state index in [0.717, 1.165) is 37.6 Å². The van der Waals surface area contributed by atoms with Crippen LogP contribution in [0.1, 0.15) is 38.8 Å². The molecule has 2 aromatic carbocycles. The van der Waals surface area contributed by atoms with Crippen LogP contribution in [-0.4, -0.2) is 54.9 Å². The van der Waals surface area contributed by atoms with E-state index in [-0.39, 0.29) is 11.5 Å². The fourth-order valence-electron chi connectivity index (χ4n) is 3.20. The molecule has 0 bridgehead atoms. The molecular weight excluding hydrogens is 408 g/mol. The first-order chi connectivity index (χ1) is 15.4.